The maximum absolute atomic E-state index is 12.7. The van der Waals surface area contributed by atoms with Gasteiger partial charge in [-0.3, -0.25) is 9.59 Å². The molecule has 0 saturated heterocycles. The number of esters is 1. The van der Waals surface area contributed by atoms with Crippen molar-refractivity contribution in [3.63, 3.8) is 0 Å². The van der Waals surface area contributed by atoms with E-state index in [2.05, 4.69) is 5.32 Å². The van der Waals surface area contributed by atoms with Gasteiger partial charge in [0.25, 0.3) is 5.91 Å². The quantitative estimate of drug-likeness (QED) is 0.827. The number of hydrogen-bond donors (Lipinski definition) is 1. The van der Waals surface area contributed by atoms with Crippen molar-refractivity contribution < 1.29 is 19.1 Å². The summed E-state index contributed by atoms with van der Waals surface area (Å²) in [5.74, 6) is -0.530. The Morgan fingerprint density at radius 2 is 1.82 bits per heavy atom. The largest absolute Gasteiger partial charge is 0.465 e. The zero-order valence-electron chi connectivity index (χ0n) is 15.7. The van der Waals surface area contributed by atoms with Crippen LogP contribution >= 0.6 is 0 Å². The molecule has 1 fully saturated rings. The average Bonchev–Trinajstić information content (AvgIpc) is 3.57. The number of aryl methyl sites for hydroxylation is 1. The summed E-state index contributed by atoms with van der Waals surface area (Å²) in [7, 11) is 1.29. The van der Waals surface area contributed by atoms with Crippen molar-refractivity contribution in [2.45, 2.75) is 25.7 Å². The van der Waals surface area contributed by atoms with Crippen molar-refractivity contribution in [1.29, 1.82) is 0 Å². The lowest BCUT2D eigenvalue weighted by atomic mass is 10.00. The summed E-state index contributed by atoms with van der Waals surface area (Å²) >= 11 is 0. The normalized spacial score (nSPS) is 15.5. The fraction of sp³-hybridized carbons (Fsp3) is 0.318. The number of benzene rings is 2. The van der Waals surface area contributed by atoms with E-state index in [1.165, 1.54) is 7.11 Å². The predicted molar refractivity (Wildman–Crippen MR) is 106 cm³/mol. The summed E-state index contributed by atoms with van der Waals surface area (Å²) in [5, 5.41) is 2.86. The number of ether oxygens (including phenoxy) is 1. The molecular formula is C22H22N2O4. The van der Waals surface area contributed by atoms with Gasteiger partial charge in [-0.25, -0.2) is 4.79 Å². The molecule has 6 heteroatoms. The third kappa shape index (κ3) is 3.50. The number of hydrogen-bond acceptors (Lipinski definition) is 4. The van der Waals surface area contributed by atoms with Crippen molar-refractivity contribution in [3.05, 3.63) is 59.2 Å². The standard InChI is InChI=1S/C22H22N2O4/c1-28-22(27)18-7-3-2-6-17(18)20(25)23-16-10-11-19-15(13-16)5-4-12-24(19)21(26)14-8-9-14/h2-3,6-7,10-11,13-14H,4-5,8-9,12H2,1H3,(H,23,25). The van der Waals surface area contributed by atoms with Crippen LogP contribution in [0.25, 0.3) is 0 Å². The minimum absolute atomic E-state index is 0.181. The van der Waals surface area contributed by atoms with Crippen LogP contribution in [0.2, 0.25) is 0 Å². The summed E-state index contributed by atoms with van der Waals surface area (Å²) in [6.45, 7) is 0.751. The molecule has 1 aliphatic carbocycles. The molecule has 144 valence electrons. The average molecular weight is 378 g/mol. The monoisotopic (exact) mass is 378 g/mol. The second-order valence-corrected chi connectivity index (χ2v) is 7.20. The molecule has 2 aromatic rings. The van der Waals surface area contributed by atoms with Crippen molar-refractivity contribution in [3.8, 4) is 0 Å². The molecule has 0 aromatic heterocycles. The van der Waals surface area contributed by atoms with Gasteiger partial charge in [0, 0.05) is 23.8 Å². The van der Waals surface area contributed by atoms with E-state index in [1.54, 1.807) is 30.3 Å². The first-order valence-corrected chi connectivity index (χ1v) is 9.51. The lowest BCUT2D eigenvalue weighted by Gasteiger charge is -2.30. The topological polar surface area (TPSA) is 75.7 Å². The Morgan fingerprint density at radius 1 is 1.07 bits per heavy atom. The number of amides is 2. The minimum atomic E-state index is -0.551. The summed E-state index contributed by atoms with van der Waals surface area (Å²) in [5.41, 5.74) is 3.12. The molecular weight excluding hydrogens is 356 g/mol. The number of nitrogens with one attached hydrogen (secondary N) is 1. The number of rotatable bonds is 4. The number of fused-ring (bicyclic) bond motifs is 1. The lowest BCUT2D eigenvalue weighted by molar-refractivity contribution is -0.119. The van der Waals surface area contributed by atoms with Crippen LogP contribution in [-0.4, -0.2) is 31.4 Å². The van der Waals surface area contributed by atoms with E-state index in [0.717, 1.165) is 43.5 Å². The summed E-state index contributed by atoms with van der Waals surface area (Å²) in [6.07, 6.45) is 3.75. The summed E-state index contributed by atoms with van der Waals surface area (Å²) in [4.78, 5) is 39.0. The van der Waals surface area contributed by atoms with Crippen LogP contribution in [0, 0.1) is 5.92 Å². The van der Waals surface area contributed by atoms with E-state index >= 15 is 0 Å². The van der Waals surface area contributed by atoms with E-state index in [-0.39, 0.29) is 28.9 Å². The van der Waals surface area contributed by atoms with Crippen LogP contribution in [0.1, 0.15) is 45.5 Å². The Hall–Kier alpha value is -3.15. The van der Waals surface area contributed by atoms with Crippen molar-refractivity contribution >= 4 is 29.2 Å². The Morgan fingerprint density at radius 3 is 2.54 bits per heavy atom. The number of carbonyl (C=O) groups is 3. The van der Waals surface area contributed by atoms with Gasteiger partial charge in [-0.2, -0.15) is 0 Å². The highest BCUT2D eigenvalue weighted by atomic mass is 16.5. The van der Waals surface area contributed by atoms with Gasteiger partial charge >= 0.3 is 5.97 Å². The molecule has 28 heavy (non-hydrogen) atoms. The Labute approximate surface area is 163 Å². The highest BCUT2D eigenvalue weighted by molar-refractivity contribution is 6.11. The molecule has 1 N–H and O–H groups in total. The third-order valence-corrected chi connectivity index (χ3v) is 5.23. The van der Waals surface area contributed by atoms with Gasteiger partial charge in [0.15, 0.2) is 0 Å². The van der Waals surface area contributed by atoms with E-state index in [4.69, 9.17) is 4.74 Å². The van der Waals surface area contributed by atoms with Gasteiger partial charge < -0.3 is 15.0 Å². The van der Waals surface area contributed by atoms with E-state index in [0.29, 0.717) is 5.69 Å². The molecule has 0 bridgehead atoms. The Balaban J connectivity index is 1.56. The number of methoxy groups -OCH3 is 1. The minimum Gasteiger partial charge on any atom is -0.465 e. The predicted octanol–water partition coefficient (Wildman–Crippen LogP) is 3.41. The van der Waals surface area contributed by atoms with E-state index in [1.807, 2.05) is 17.0 Å². The third-order valence-electron chi connectivity index (χ3n) is 5.23. The molecule has 4 rings (SSSR count). The number of nitrogens with zero attached hydrogens (tertiary/aromatic N) is 1. The zero-order valence-corrected chi connectivity index (χ0v) is 15.7. The molecule has 0 radical (unpaired) electrons. The van der Waals surface area contributed by atoms with E-state index < -0.39 is 5.97 Å². The molecule has 0 atom stereocenters. The SMILES string of the molecule is COC(=O)c1ccccc1C(=O)Nc1ccc2c(c1)CCCN2C(=O)C1CC1. The smallest absolute Gasteiger partial charge is 0.338 e. The molecule has 6 nitrogen and oxygen atoms in total. The van der Waals surface area contributed by atoms with Crippen LogP contribution < -0.4 is 10.2 Å². The highest BCUT2D eigenvalue weighted by Crippen LogP contribution is 2.36. The van der Waals surface area contributed by atoms with Gasteiger partial charge in [0.1, 0.15) is 0 Å². The maximum atomic E-state index is 12.7. The Kier molecular flexibility index (Phi) is 4.86. The lowest BCUT2D eigenvalue weighted by Crippen LogP contribution is -2.36. The van der Waals surface area contributed by atoms with Crippen molar-refractivity contribution in [2.75, 3.05) is 23.9 Å². The highest BCUT2D eigenvalue weighted by Gasteiger charge is 2.35. The van der Waals surface area contributed by atoms with Crippen LogP contribution in [0.5, 0.6) is 0 Å². The van der Waals surface area contributed by atoms with Crippen LogP contribution in [-0.2, 0) is 16.0 Å². The maximum Gasteiger partial charge on any atom is 0.338 e. The van der Waals surface area contributed by atoms with Gasteiger partial charge in [-0.05, 0) is 61.6 Å². The van der Waals surface area contributed by atoms with Crippen LogP contribution in [0.3, 0.4) is 0 Å². The van der Waals surface area contributed by atoms with Gasteiger partial charge in [0.2, 0.25) is 5.91 Å². The number of anilines is 2. The van der Waals surface area contributed by atoms with Crippen LogP contribution in [0.15, 0.2) is 42.5 Å². The first-order valence-electron chi connectivity index (χ1n) is 9.51. The Bertz CT molecular complexity index is 949. The van der Waals surface area contributed by atoms with Gasteiger partial charge in [-0.15, -0.1) is 0 Å². The molecule has 2 aliphatic rings. The molecule has 0 spiro atoms. The first-order chi connectivity index (χ1) is 13.6. The van der Waals surface area contributed by atoms with E-state index in [9.17, 15) is 14.4 Å². The van der Waals surface area contributed by atoms with Crippen LogP contribution in [0.4, 0.5) is 11.4 Å². The van der Waals surface area contributed by atoms with Crippen molar-refractivity contribution in [2.24, 2.45) is 5.92 Å². The first kappa shape index (κ1) is 18.2. The fourth-order valence-electron chi connectivity index (χ4n) is 3.62. The molecule has 2 aromatic carbocycles. The second-order valence-electron chi connectivity index (χ2n) is 7.20. The molecule has 1 aliphatic heterocycles. The molecule has 2 amide bonds. The summed E-state index contributed by atoms with van der Waals surface area (Å²) < 4.78 is 4.75. The van der Waals surface area contributed by atoms with Gasteiger partial charge in [0.05, 0.1) is 18.2 Å². The molecule has 1 saturated carbocycles. The van der Waals surface area contributed by atoms with Crippen molar-refractivity contribution in [1.82, 2.24) is 0 Å². The zero-order chi connectivity index (χ0) is 19.7. The number of carbonyl (C=O) groups excluding carboxylic acids is 3. The fourth-order valence-corrected chi connectivity index (χ4v) is 3.62. The molecule has 0 unspecified atom stereocenters. The summed E-state index contributed by atoms with van der Waals surface area (Å²) in [6, 6.07) is 12.2. The second kappa shape index (κ2) is 7.46. The molecule has 1 heterocycles. The van der Waals surface area contributed by atoms with Gasteiger partial charge in [-0.1, -0.05) is 12.1 Å².